The highest BCUT2D eigenvalue weighted by atomic mass is 35.5. The quantitative estimate of drug-likeness (QED) is 0.899. The molecule has 17 heavy (non-hydrogen) atoms. The fourth-order valence-electron chi connectivity index (χ4n) is 1.47. The van der Waals surface area contributed by atoms with Crippen molar-refractivity contribution < 1.29 is 4.79 Å². The highest BCUT2D eigenvalue weighted by molar-refractivity contribution is 6.33. The number of amides is 1. The second-order valence-electron chi connectivity index (χ2n) is 4.27. The summed E-state index contributed by atoms with van der Waals surface area (Å²) in [6.45, 7) is 4.87. The maximum Gasteiger partial charge on any atom is 0.273 e. The molecule has 5 heteroatoms. The smallest absolute Gasteiger partial charge is 0.273 e. The molecule has 0 spiro atoms. The van der Waals surface area contributed by atoms with E-state index in [4.69, 9.17) is 17.3 Å². The van der Waals surface area contributed by atoms with Crippen LogP contribution in [-0.4, -0.2) is 29.4 Å². The van der Waals surface area contributed by atoms with Crippen LogP contribution in [0.2, 0.25) is 5.02 Å². The summed E-state index contributed by atoms with van der Waals surface area (Å²) < 4.78 is 0. The molecule has 1 aromatic heterocycles. The van der Waals surface area contributed by atoms with Crippen molar-refractivity contribution in [3.05, 3.63) is 22.8 Å². The number of rotatable bonds is 4. The van der Waals surface area contributed by atoms with Crippen LogP contribution in [0, 0.1) is 5.92 Å². The van der Waals surface area contributed by atoms with Crippen LogP contribution in [-0.2, 0) is 0 Å². The SMILES string of the molecule is CCC(C)CN(C)C(=O)c1nc(N)ccc1Cl. The first-order valence-electron chi connectivity index (χ1n) is 5.63. The van der Waals surface area contributed by atoms with Crippen LogP contribution in [0.1, 0.15) is 30.8 Å². The maximum absolute atomic E-state index is 12.1. The predicted molar refractivity (Wildman–Crippen MR) is 70.1 cm³/mol. The molecule has 4 nitrogen and oxygen atoms in total. The molecule has 0 aliphatic heterocycles. The third-order valence-corrected chi connectivity index (χ3v) is 3.00. The molecular formula is C12H18ClN3O. The molecule has 1 aromatic rings. The fraction of sp³-hybridized carbons (Fsp3) is 0.500. The lowest BCUT2D eigenvalue weighted by Crippen LogP contribution is -2.31. The van der Waals surface area contributed by atoms with E-state index in [1.54, 1.807) is 24.1 Å². The van der Waals surface area contributed by atoms with E-state index in [9.17, 15) is 4.79 Å². The van der Waals surface area contributed by atoms with Gasteiger partial charge in [0.2, 0.25) is 0 Å². The average Bonchev–Trinajstić information content (AvgIpc) is 2.31. The minimum Gasteiger partial charge on any atom is -0.384 e. The molecule has 0 aromatic carbocycles. The highest BCUT2D eigenvalue weighted by Crippen LogP contribution is 2.17. The lowest BCUT2D eigenvalue weighted by atomic mass is 10.1. The van der Waals surface area contributed by atoms with E-state index in [0.29, 0.717) is 23.3 Å². The number of aromatic nitrogens is 1. The first-order valence-corrected chi connectivity index (χ1v) is 6.01. The fourth-order valence-corrected chi connectivity index (χ4v) is 1.65. The molecule has 2 N–H and O–H groups in total. The molecule has 0 saturated heterocycles. The second kappa shape index (κ2) is 5.87. The molecule has 1 rings (SSSR count). The van der Waals surface area contributed by atoms with Gasteiger partial charge in [-0.05, 0) is 18.1 Å². The van der Waals surface area contributed by atoms with Gasteiger partial charge in [-0.3, -0.25) is 4.79 Å². The summed E-state index contributed by atoms with van der Waals surface area (Å²) >= 11 is 5.94. The molecule has 1 unspecified atom stereocenters. The van der Waals surface area contributed by atoms with Crippen LogP contribution in [0.25, 0.3) is 0 Å². The van der Waals surface area contributed by atoms with Gasteiger partial charge in [-0.1, -0.05) is 31.9 Å². The van der Waals surface area contributed by atoms with Crippen LogP contribution < -0.4 is 5.73 Å². The number of pyridine rings is 1. The molecule has 0 fully saturated rings. The zero-order chi connectivity index (χ0) is 13.0. The van der Waals surface area contributed by atoms with Gasteiger partial charge in [-0.2, -0.15) is 0 Å². The largest absolute Gasteiger partial charge is 0.384 e. The summed E-state index contributed by atoms with van der Waals surface area (Å²) in [6.07, 6.45) is 1.02. The van der Waals surface area contributed by atoms with Crippen molar-refractivity contribution in [2.24, 2.45) is 5.92 Å². The van der Waals surface area contributed by atoms with Gasteiger partial charge in [0.1, 0.15) is 11.5 Å². The van der Waals surface area contributed by atoms with E-state index < -0.39 is 0 Å². The Bertz CT molecular complexity index is 409. The molecule has 1 atom stereocenters. The molecule has 1 amide bonds. The van der Waals surface area contributed by atoms with E-state index >= 15 is 0 Å². The average molecular weight is 256 g/mol. The van der Waals surface area contributed by atoms with Gasteiger partial charge in [0, 0.05) is 13.6 Å². The van der Waals surface area contributed by atoms with Gasteiger partial charge in [-0.25, -0.2) is 4.98 Å². The number of nitrogens with zero attached hydrogens (tertiary/aromatic N) is 2. The van der Waals surface area contributed by atoms with Gasteiger partial charge in [-0.15, -0.1) is 0 Å². The number of nitrogen functional groups attached to an aromatic ring is 1. The van der Waals surface area contributed by atoms with Crippen LogP contribution in [0.3, 0.4) is 0 Å². The third-order valence-electron chi connectivity index (χ3n) is 2.70. The van der Waals surface area contributed by atoms with Crippen LogP contribution in [0.4, 0.5) is 5.82 Å². The molecule has 1 heterocycles. The second-order valence-corrected chi connectivity index (χ2v) is 4.67. The Labute approximate surface area is 107 Å². The number of hydrogen-bond donors (Lipinski definition) is 1. The molecule has 94 valence electrons. The Morgan fingerprint density at radius 1 is 1.59 bits per heavy atom. The highest BCUT2D eigenvalue weighted by Gasteiger charge is 2.18. The Balaban J connectivity index is 2.85. The van der Waals surface area contributed by atoms with Gasteiger partial charge in [0.25, 0.3) is 5.91 Å². The van der Waals surface area contributed by atoms with Crippen LogP contribution >= 0.6 is 11.6 Å². The van der Waals surface area contributed by atoms with Gasteiger partial charge in [0.15, 0.2) is 0 Å². The van der Waals surface area contributed by atoms with Crippen molar-refractivity contribution in [2.75, 3.05) is 19.3 Å². The molecular weight excluding hydrogens is 238 g/mol. The monoisotopic (exact) mass is 255 g/mol. The molecule has 0 aliphatic rings. The zero-order valence-corrected chi connectivity index (χ0v) is 11.2. The Kier molecular flexibility index (Phi) is 4.75. The minimum atomic E-state index is -0.192. The predicted octanol–water partition coefficient (Wildman–Crippen LogP) is 2.44. The first-order chi connectivity index (χ1) is 7.95. The van der Waals surface area contributed by atoms with E-state index in [2.05, 4.69) is 18.8 Å². The molecule has 0 aliphatic carbocycles. The summed E-state index contributed by atoms with van der Waals surface area (Å²) in [4.78, 5) is 17.7. The minimum absolute atomic E-state index is 0.192. The topological polar surface area (TPSA) is 59.2 Å². The van der Waals surface area contributed by atoms with Gasteiger partial charge in [0.05, 0.1) is 5.02 Å². The summed E-state index contributed by atoms with van der Waals surface area (Å²) in [5.74, 6) is 0.557. The van der Waals surface area contributed by atoms with Crippen molar-refractivity contribution in [1.29, 1.82) is 0 Å². The summed E-state index contributed by atoms with van der Waals surface area (Å²) in [7, 11) is 1.75. The molecule has 0 radical (unpaired) electrons. The van der Waals surface area contributed by atoms with Gasteiger partial charge < -0.3 is 10.6 Å². The lowest BCUT2D eigenvalue weighted by molar-refractivity contribution is 0.0769. The number of nitrogens with two attached hydrogens (primary N) is 1. The molecule has 0 bridgehead atoms. The van der Waals surface area contributed by atoms with Gasteiger partial charge >= 0.3 is 0 Å². The number of hydrogen-bond acceptors (Lipinski definition) is 3. The van der Waals surface area contributed by atoms with E-state index in [0.717, 1.165) is 6.42 Å². The van der Waals surface area contributed by atoms with Crippen molar-refractivity contribution in [2.45, 2.75) is 20.3 Å². The number of carbonyl (C=O) groups is 1. The normalized spacial score (nSPS) is 12.2. The van der Waals surface area contributed by atoms with Crippen LogP contribution in [0.5, 0.6) is 0 Å². The number of halogens is 1. The zero-order valence-electron chi connectivity index (χ0n) is 10.4. The van der Waals surface area contributed by atoms with Crippen molar-refractivity contribution in [3.63, 3.8) is 0 Å². The summed E-state index contributed by atoms with van der Waals surface area (Å²) in [5.41, 5.74) is 5.77. The Morgan fingerprint density at radius 3 is 2.82 bits per heavy atom. The molecule has 0 saturated carbocycles. The number of carbonyl (C=O) groups excluding carboxylic acids is 1. The Hall–Kier alpha value is -1.29. The summed E-state index contributed by atoms with van der Waals surface area (Å²) in [6, 6.07) is 3.17. The van der Waals surface area contributed by atoms with Crippen molar-refractivity contribution in [1.82, 2.24) is 9.88 Å². The maximum atomic E-state index is 12.1. The van der Waals surface area contributed by atoms with E-state index in [1.807, 2.05) is 0 Å². The lowest BCUT2D eigenvalue weighted by Gasteiger charge is -2.20. The van der Waals surface area contributed by atoms with E-state index in [1.165, 1.54) is 0 Å². The third kappa shape index (κ3) is 3.60. The summed E-state index contributed by atoms with van der Waals surface area (Å²) in [5, 5.41) is 0.334. The van der Waals surface area contributed by atoms with Crippen molar-refractivity contribution >= 4 is 23.3 Å². The standard InChI is InChI=1S/C12H18ClN3O/c1-4-8(2)7-16(3)12(17)11-9(13)5-6-10(14)15-11/h5-6,8H,4,7H2,1-3H3,(H2,14,15). The van der Waals surface area contributed by atoms with Crippen molar-refractivity contribution in [3.8, 4) is 0 Å². The first kappa shape index (κ1) is 13.8. The Morgan fingerprint density at radius 2 is 2.24 bits per heavy atom. The van der Waals surface area contributed by atoms with Crippen LogP contribution in [0.15, 0.2) is 12.1 Å². The van der Waals surface area contributed by atoms with E-state index in [-0.39, 0.29) is 11.6 Å². The number of anilines is 1.